The van der Waals surface area contributed by atoms with Crippen LogP contribution in [0, 0.1) is 5.92 Å². The minimum atomic E-state index is 0.000567. The largest absolute Gasteiger partial charge is 0.489 e. The molecule has 3 rings (SSSR count). The lowest BCUT2D eigenvalue weighted by Gasteiger charge is -2.20. The lowest BCUT2D eigenvalue weighted by atomic mass is 9.92. The molecule has 1 aliphatic carbocycles. The Morgan fingerprint density at radius 3 is 2.43 bits per heavy atom. The van der Waals surface area contributed by atoms with Gasteiger partial charge in [-0.25, -0.2) is 0 Å². The van der Waals surface area contributed by atoms with Gasteiger partial charge in [0, 0.05) is 12.2 Å². The fraction of sp³-hybridized carbons (Fsp3) is 0.389. The maximum atomic E-state index is 6.48. The minimum Gasteiger partial charge on any atom is -0.489 e. The van der Waals surface area contributed by atoms with E-state index in [-0.39, 0.29) is 12.1 Å². The molecule has 0 saturated heterocycles. The number of nitrogens with two attached hydrogens (primary N) is 1. The highest BCUT2D eigenvalue weighted by molar-refractivity contribution is 5.34. The molecular weight excluding hydrogens is 260 g/mol. The smallest absolute Gasteiger partial charge is 0.138 e. The second-order valence-corrected chi connectivity index (χ2v) is 6.08. The average molecular weight is 282 g/mol. The molecule has 1 aromatic carbocycles. The Balaban J connectivity index is 1.76. The summed E-state index contributed by atoms with van der Waals surface area (Å²) >= 11 is 0. The summed E-state index contributed by atoms with van der Waals surface area (Å²) in [5.74, 6) is 1.24. The quantitative estimate of drug-likeness (QED) is 0.936. The molecule has 1 unspecified atom stereocenters. The molecule has 3 heteroatoms. The van der Waals surface area contributed by atoms with Crippen molar-refractivity contribution in [2.75, 3.05) is 0 Å². The number of nitrogens with zero attached hydrogens (tertiary/aromatic N) is 1. The maximum absolute atomic E-state index is 6.48. The molecule has 0 saturated carbocycles. The highest BCUT2D eigenvalue weighted by Crippen LogP contribution is 2.34. The Bertz CT molecular complexity index is 599. The van der Waals surface area contributed by atoms with Crippen molar-refractivity contribution in [1.82, 2.24) is 4.98 Å². The van der Waals surface area contributed by atoms with E-state index in [1.165, 1.54) is 11.1 Å². The van der Waals surface area contributed by atoms with Crippen LogP contribution in [0.5, 0.6) is 5.75 Å². The van der Waals surface area contributed by atoms with E-state index in [1.54, 1.807) is 6.20 Å². The fourth-order valence-corrected chi connectivity index (χ4v) is 3.07. The number of rotatable bonds is 4. The normalized spacial score (nSPS) is 16.0. The summed E-state index contributed by atoms with van der Waals surface area (Å²) in [4.78, 5) is 4.27. The summed E-state index contributed by atoms with van der Waals surface area (Å²) in [5.41, 5.74) is 10.4. The number of hydrogen-bond donors (Lipinski definition) is 1. The molecule has 0 aliphatic heterocycles. The molecule has 0 fully saturated rings. The molecule has 1 aliphatic rings. The summed E-state index contributed by atoms with van der Waals surface area (Å²) in [7, 11) is 0. The van der Waals surface area contributed by atoms with Gasteiger partial charge in [-0.15, -0.1) is 0 Å². The lowest BCUT2D eigenvalue weighted by Crippen LogP contribution is -2.22. The molecule has 21 heavy (non-hydrogen) atoms. The van der Waals surface area contributed by atoms with Gasteiger partial charge < -0.3 is 10.5 Å². The third kappa shape index (κ3) is 3.08. The van der Waals surface area contributed by atoms with Crippen molar-refractivity contribution < 1.29 is 4.74 Å². The Morgan fingerprint density at radius 1 is 1.14 bits per heavy atom. The van der Waals surface area contributed by atoms with Crippen LogP contribution < -0.4 is 10.5 Å². The van der Waals surface area contributed by atoms with Crippen LogP contribution in [0.1, 0.15) is 36.6 Å². The summed E-state index contributed by atoms with van der Waals surface area (Å²) < 4.78 is 5.71. The first-order valence-corrected chi connectivity index (χ1v) is 7.57. The molecule has 1 heterocycles. The predicted molar refractivity (Wildman–Crippen MR) is 84.3 cm³/mol. The molecule has 0 bridgehead atoms. The van der Waals surface area contributed by atoms with Crippen LogP contribution >= 0.6 is 0 Å². The SMILES string of the molecule is CC(C)Oc1cncc(C(N)C2Cc3ccccc3C2)c1. The monoisotopic (exact) mass is 282 g/mol. The Kier molecular flexibility index (Phi) is 3.93. The first-order chi connectivity index (χ1) is 10.1. The molecule has 0 amide bonds. The van der Waals surface area contributed by atoms with E-state index >= 15 is 0 Å². The van der Waals surface area contributed by atoms with Crippen molar-refractivity contribution in [2.24, 2.45) is 11.7 Å². The van der Waals surface area contributed by atoms with Crippen molar-refractivity contribution in [3.05, 3.63) is 59.4 Å². The summed E-state index contributed by atoms with van der Waals surface area (Å²) in [6, 6.07) is 10.6. The highest BCUT2D eigenvalue weighted by atomic mass is 16.5. The summed E-state index contributed by atoms with van der Waals surface area (Å²) in [6.07, 6.45) is 5.86. The van der Waals surface area contributed by atoms with Crippen molar-refractivity contribution in [1.29, 1.82) is 0 Å². The van der Waals surface area contributed by atoms with Gasteiger partial charge in [-0.1, -0.05) is 24.3 Å². The van der Waals surface area contributed by atoms with E-state index in [4.69, 9.17) is 10.5 Å². The second kappa shape index (κ2) is 5.86. The van der Waals surface area contributed by atoms with Crippen LogP contribution in [0.25, 0.3) is 0 Å². The van der Waals surface area contributed by atoms with Crippen molar-refractivity contribution in [2.45, 2.75) is 38.8 Å². The average Bonchev–Trinajstić information content (AvgIpc) is 2.90. The summed E-state index contributed by atoms with van der Waals surface area (Å²) in [5, 5.41) is 0. The van der Waals surface area contributed by atoms with E-state index in [0.717, 1.165) is 24.2 Å². The standard InChI is InChI=1S/C18H22N2O/c1-12(2)21-17-9-16(10-20-11-17)18(19)15-7-13-5-3-4-6-14(13)8-15/h3-6,9-12,15,18H,7-8,19H2,1-2H3. The van der Waals surface area contributed by atoms with Gasteiger partial charge in [0.2, 0.25) is 0 Å². The van der Waals surface area contributed by atoms with Gasteiger partial charge in [0.05, 0.1) is 12.3 Å². The van der Waals surface area contributed by atoms with Crippen LogP contribution in [-0.4, -0.2) is 11.1 Å². The van der Waals surface area contributed by atoms with E-state index in [9.17, 15) is 0 Å². The maximum Gasteiger partial charge on any atom is 0.138 e. The van der Waals surface area contributed by atoms with Gasteiger partial charge in [-0.2, -0.15) is 0 Å². The van der Waals surface area contributed by atoms with Crippen molar-refractivity contribution >= 4 is 0 Å². The molecule has 3 nitrogen and oxygen atoms in total. The predicted octanol–water partition coefficient (Wildman–Crippen LogP) is 3.28. The molecule has 1 atom stereocenters. The van der Waals surface area contributed by atoms with Crippen LogP contribution in [0.4, 0.5) is 0 Å². The molecule has 0 spiro atoms. The highest BCUT2D eigenvalue weighted by Gasteiger charge is 2.27. The summed E-state index contributed by atoms with van der Waals surface area (Å²) in [6.45, 7) is 4.03. The molecule has 2 aromatic rings. The van der Waals surface area contributed by atoms with Crippen molar-refractivity contribution in [3.63, 3.8) is 0 Å². The van der Waals surface area contributed by atoms with Crippen LogP contribution in [-0.2, 0) is 12.8 Å². The topological polar surface area (TPSA) is 48.1 Å². The number of benzene rings is 1. The van der Waals surface area contributed by atoms with Gasteiger partial charge in [0.1, 0.15) is 5.75 Å². The van der Waals surface area contributed by atoms with E-state index < -0.39 is 0 Å². The zero-order valence-corrected chi connectivity index (χ0v) is 12.6. The first kappa shape index (κ1) is 14.1. The Hall–Kier alpha value is -1.87. The second-order valence-electron chi connectivity index (χ2n) is 6.08. The number of fused-ring (bicyclic) bond motifs is 1. The number of ether oxygens (including phenoxy) is 1. The molecule has 110 valence electrons. The third-order valence-corrected chi connectivity index (χ3v) is 4.08. The van der Waals surface area contributed by atoms with Crippen LogP contribution in [0.3, 0.4) is 0 Å². The van der Waals surface area contributed by atoms with Gasteiger partial charge in [-0.05, 0) is 55.4 Å². The van der Waals surface area contributed by atoms with Gasteiger partial charge in [0.25, 0.3) is 0 Å². The molecule has 1 aromatic heterocycles. The Labute approximate surface area is 126 Å². The number of aromatic nitrogens is 1. The third-order valence-electron chi connectivity index (χ3n) is 4.08. The zero-order chi connectivity index (χ0) is 14.8. The first-order valence-electron chi connectivity index (χ1n) is 7.57. The minimum absolute atomic E-state index is 0.000567. The molecule has 0 radical (unpaired) electrons. The number of pyridine rings is 1. The molecule has 2 N–H and O–H groups in total. The van der Waals surface area contributed by atoms with Crippen molar-refractivity contribution in [3.8, 4) is 5.75 Å². The van der Waals surface area contributed by atoms with E-state index in [2.05, 4.69) is 29.2 Å². The number of hydrogen-bond acceptors (Lipinski definition) is 3. The van der Waals surface area contributed by atoms with Crippen LogP contribution in [0.15, 0.2) is 42.7 Å². The molecular formula is C18H22N2O. The van der Waals surface area contributed by atoms with Gasteiger partial charge in [-0.3, -0.25) is 4.98 Å². The van der Waals surface area contributed by atoms with Gasteiger partial charge >= 0.3 is 0 Å². The Morgan fingerprint density at radius 2 is 1.81 bits per heavy atom. The van der Waals surface area contributed by atoms with E-state index in [0.29, 0.717) is 5.92 Å². The van der Waals surface area contributed by atoms with E-state index in [1.807, 2.05) is 26.1 Å². The van der Waals surface area contributed by atoms with Crippen LogP contribution in [0.2, 0.25) is 0 Å². The van der Waals surface area contributed by atoms with Gasteiger partial charge in [0.15, 0.2) is 0 Å². The fourth-order valence-electron chi connectivity index (χ4n) is 3.07. The zero-order valence-electron chi connectivity index (χ0n) is 12.6. The lowest BCUT2D eigenvalue weighted by molar-refractivity contribution is 0.241.